The van der Waals surface area contributed by atoms with E-state index in [1.54, 1.807) is 4.90 Å². The zero-order valence-corrected chi connectivity index (χ0v) is 9.24. The average Bonchev–Trinajstić information content (AvgIpc) is 2.97. The van der Waals surface area contributed by atoms with E-state index in [1.807, 2.05) is 0 Å². The molecule has 4 heteroatoms. The Kier molecular flexibility index (Phi) is 3.14. The van der Waals surface area contributed by atoms with E-state index in [4.69, 9.17) is 6.42 Å². The second kappa shape index (κ2) is 4.56. The van der Waals surface area contributed by atoms with Crippen molar-refractivity contribution in [3.63, 3.8) is 0 Å². The van der Waals surface area contributed by atoms with Gasteiger partial charge in [-0.2, -0.15) is 0 Å². The SMILES string of the molecule is C#CCN(CC1CC1)C(=O)[C@H]1CCC(=O)N1. The van der Waals surface area contributed by atoms with Crippen molar-refractivity contribution in [2.45, 2.75) is 31.7 Å². The number of carbonyl (C=O) groups excluding carboxylic acids is 2. The minimum absolute atomic E-state index is 0.0179. The molecule has 1 saturated carbocycles. The van der Waals surface area contributed by atoms with Gasteiger partial charge in [0, 0.05) is 13.0 Å². The molecule has 4 nitrogen and oxygen atoms in total. The zero-order chi connectivity index (χ0) is 11.5. The summed E-state index contributed by atoms with van der Waals surface area (Å²) in [6.07, 6.45) is 8.68. The van der Waals surface area contributed by atoms with Gasteiger partial charge in [0.2, 0.25) is 11.8 Å². The van der Waals surface area contributed by atoms with Crippen LogP contribution in [0, 0.1) is 18.3 Å². The van der Waals surface area contributed by atoms with E-state index >= 15 is 0 Å². The third-order valence-electron chi connectivity index (χ3n) is 3.06. The normalized spacial score (nSPS) is 23.7. The molecule has 2 fully saturated rings. The van der Waals surface area contributed by atoms with E-state index in [0.717, 1.165) is 6.54 Å². The van der Waals surface area contributed by atoms with Gasteiger partial charge < -0.3 is 10.2 Å². The first kappa shape index (κ1) is 11.0. The summed E-state index contributed by atoms with van der Waals surface area (Å²) in [4.78, 5) is 24.8. The van der Waals surface area contributed by atoms with Gasteiger partial charge in [-0.1, -0.05) is 5.92 Å². The number of terminal acetylenes is 1. The molecule has 16 heavy (non-hydrogen) atoms. The van der Waals surface area contributed by atoms with E-state index in [1.165, 1.54) is 12.8 Å². The van der Waals surface area contributed by atoms with Crippen LogP contribution in [0.3, 0.4) is 0 Å². The maximum absolute atomic E-state index is 12.1. The third-order valence-corrected chi connectivity index (χ3v) is 3.06. The number of nitrogens with zero attached hydrogens (tertiary/aromatic N) is 1. The molecule has 1 aliphatic carbocycles. The van der Waals surface area contributed by atoms with Gasteiger partial charge in [0.05, 0.1) is 6.54 Å². The Labute approximate surface area is 95.4 Å². The Balaban J connectivity index is 1.92. The van der Waals surface area contributed by atoms with Gasteiger partial charge in [-0.25, -0.2) is 0 Å². The molecule has 0 aromatic rings. The van der Waals surface area contributed by atoms with Crippen molar-refractivity contribution in [3.05, 3.63) is 0 Å². The Bertz CT molecular complexity index is 341. The Morgan fingerprint density at radius 3 is 2.75 bits per heavy atom. The van der Waals surface area contributed by atoms with Gasteiger partial charge in [-0.05, 0) is 25.2 Å². The molecule has 0 unspecified atom stereocenters. The topological polar surface area (TPSA) is 49.4 Å². The lowest BCUT2D eigenvalue weighted by atomic mass is 10.2. The molecule has 0 spiro atoms. The highest BCUT2D eigenvalue weighted by molar-refractivity contribution is 5.90. The number of rotatable bonds is 4. The molecule has 0 radical (unpaired) electrons. The van der Waals surface area contributed by atoms with Crippen molar-refractivity contribution in [2.75, 3.05) is 13.1 Å². The van der Waals surface area contributed by atoms with Crippen LogP contribution in [0.5, 0.6) is 0 Å². The van der Waals surface area contributed by atoms with E-state index < -0.39 is 0 Å². The molecule has 0 aromatic heterocycles. The summed E-state index contributed by atoms with van der Waals surface area (Å²) < 4.78 is 0. The molecule has 1 saturated heterocycles. The smallest absolute Gasteiger partial charge is 0.245 e. The predicted molar refractivity (Wildman–Crippen MR) is 59.3 cm³/mol. The number of hydrogen-bond donors (Lipinski definition) is 1. The van der Waals surface area contributed by atoms with Crippen LogP contribution < -0.4 is 5.32 Å². The fourth-order valence-corrected chi connectivity index (χ4v) is 1.97. The third kappa shape index (κ3) is 2.54. The second-order valence-corrected chi connectivity index (χ2v) is 4.53. The highest BCUT2D eigenvalue weighted by Gasteiger charge is 2.33. The molecule has 2 aliphatic rings. The van der Waals surface area contributed by atoms with E-state index in [9.17, 15) is 9.59 Å². The van der Waals surface area contributed by atoms with Gasteiger partial charge in [-0.15, -0.1) is 6.42 Å². The zero-order valence-electron chi connectivity index (χ0n) is 9.24. The minimum Gasteiger partial charge on any atom is -0.344 e. The largest absolute Gasteiger partial charge is 0.344 e. The Morgan fingerprint density at radius 2 is 2.25 bits per heavy atom. The molecule has 1 heterocycles. The summed E-state index contributed by atoms with van der Waals surface area (Å²) in [5, 5.41) is 2.69. The van der Waals surface area contributed by atoms with Crippen molar-refractivity contribution >= 4 is 11.8 Å². The first-order valence-corrected chi connectivity index (χ1v) is 5.72. The Hall–Kier alpha value is -1.50. The molecule has 2 rings (SSSR count). The van der Waals surface area contributed by atoms with Crippen molar-refractivity contribution < 1.29 is 9.59 Å². The van der Waals surface area contributed by atoms with Crippen molar-refractivity contribution in [2.24, 2.45) is 5.92 Å². The van der Waals surface area contributed by atoms with Crippen LogP contribution in [0.25, 0.3) is 0 Å². The lowest BCUT2D eigenvalue weighted by Crippen LogP contribution is -2.45. The molecular formula is C12H16N2O2. The molecule has 1 N–H and O–H groups in total. The summed E-state index contributed by atoms with van der Waals surface area (Å²) in [6.45, 7) is 1.09. The maximum Gasteiger partial charge on any atom is 0.245 e. The monoisotopic (exact) mass is 220 g/mol. The van der Waals surface area contributed by atoms with Crippen LogP contribution in [-0.2, 0) is 9.59 Å². The van der Waals surface area contributed by atoms with Crippen LogP contribution in [0.15, 0.2) is 0 Å². The lowest BCUT2D eigenvalue weighted by Gasteiger charge is -2.23. The molecular weight excluding hydrogens is 204 g/mol. The number of nitrogens with one attached hydrogen (secondary N) is 1. The van der Waals surface area contributed by atoms with Gasteiger partial charge in [0.15, 0.2) is 0 Å². The van der Waals surface area contributed by atoms with Crippen LogP contribution >= 0.6 is 0 Å². The summed E-state index contributed by atoms with van der Waals surface area (Å²) in [5.41, 5.74) is 0. The summed E-state index contributed by atoms with van der Waals surface area (Å²) in [6, 6.07) is -0.348. The fourth-order valence-electron chi connectivity index (χ4n) is 1.97. The average molecular weight is 220 g/mol. The molecule has 86 valence electrons. The van der Waals surface area contributed by atoms with Crippen LogP contribution in [0.1, 0.15) is 25.7 Å². The van der Waals surface area contributed by atoms with Gasteiger partial charge >= 0.3 is 0 Å². The molecule has 0 bridgehead atoms. The van der Waals surface area contributed by atoms with Crippen molar-refractivity contribution in [1.29, 1.82) is 0 Å². The quantitative estimate of drug-likeness (QED) is 0.685. The summed E-state index contributed by atoms with van der Waals surface area (Å²) in [5.74, 6) is 3.07. The van der Waals surface area contributed by atoms with Gasteiger partial charge in [0.25, 0.3) is 0 Å². The number of carbonyl (C=O) groups is 2. The molecule has 0 aromatic carbocycles. The van der Waals surface area contributed by atoms with E-state index in [2.05, 4.69) is 11.2 Å². The lowest BCUT2D eigenvalue weighted by molar-refractivity contribution is -0.134. The van der Waals surface area contributed by atoms with Gasteiger partial charge in [-0.3, -0.25) is 9.59 Å². The predicted octanol–water partition coefficient (Wildman–Crippen LogP) is 0.137. The summed E-state index contributed by atoms with van der Waals surface area (Å²) in [7, 11) is 0. The van der Waals surface area contributed by atoms with E-state index in [0.29, 0.717) is 25.3 Å². The first-order chi connectivity index (χ1) is 7.70. The van der Waals surface area contributed by atoms with Crippen LogP contribution in [0.2, 0.25) is 0 Å². The number of hydrogen-bond acceptors (Lipinski definition) is 2. The van der Waals surface area contributed by atoms with Crippen molar-refractivity contribution in [3.8, 4) is 12.3 Å². The van der Waals surface area contributed by atoms with Crippen molar-refractivity contribution in [1.82, 2.24) is 10.2 Å². The van der Waals surface area contributed by atoms with Gasteiger partial charge in [0.1, 0.15) is 6.04 Å². The second-order valence-electron chi connectivity index (χ2n) is 4.53. The fraction of sp³-hybridized carbons (Fsp3) is 0.667. The van der Waals surface area contributed by atoms with Crippen LogP contribution in [-0.4, -0.2) is 35.8 Å². The highest BCUT2D eigenvalue weighted by Crippen LogP contribution is 2.30. The molecule has 1 aliphatic heterocycles. The number of amides is 2. The Morgan fingerprint density at radius 1 is 1.50 bits per heavy atom. The standard InChI is InChI=1S/C12H16N2O2/c1-2-7-14(8-9-3-4-9)12(16)10-5-6-11(15)13-10/h1,9-10H,3-8H2,(H,13,15)/t10-/m1/s1. The van der Waals surface area contributed by atoms with E-state index in [-0.39, 0.29) is 17.9 Å². The highest BCUT2D eigenvalue weighted by atomic mass is 16.2. The first-order valence-electron chi connectivity index (χ1n) is 5.72. The molecule has 1 atom stereocenters. The summed E-state index contributed by atoms with van der Waals surface area (Å²) >= 11 is 0. The molecule has 2 amide bonds. The van der Waals surface area contributed by atoms with Crippen LogP contribution in [0.4, 0.5) is 0 Å². The maximum atomic E-state index is 12.1. The minimum atomic E-state index is -0.348.